The Labute approximate surface area is 136 Å². The number of aromatic nitrogens is 3. The Balaban J connectivity index is 2.45. The quantitative estimate of drug-likeness (QED) is 0.556. The smallest absolute Gasteiger partial charge is 0.269 e. The minimum absolute atomic E-state index is 0.462. The minimum atomic E-state index is -4.62. The van der Waals surface area contributed by atoms with Crippen molar-refractivity contribution in [3.05, 3.63) is 40.6 Å². The number of rotatable bonds is 1. The van der Waals surface area contributed by atoms with Gasteiger partial charge in [-0.2, -0.15) is 23.0 Å². The lowest BCUT2D eigenvalue weighted by atomic mass is 10.00. The van der Waals surface area contributed by atoms with Gasteiger partial charge in [-0.15, -0.1) is 0 Å². The number of halogens is 6. The normalized spacial score (nSPS) is 19.8. The fourth-order valence-electron chi connectivity index (χ4n) is 1.72. The van der Waals surface area contributed by atoms with Gasteiger partial charge in [-0.1, -0.05) is 59.2 Å². The molecule has 114 valence electrons. The second kappa shape index (κ2) is 5.42. The van der Waals surface area contributed by atoms with Crippen molar-refractivity contribution in [2.45, 2.75) is 16.1 Å². The van der Waals surface area contributed by atoms with Gasteiger partial charge in [-0.3, -0.25) is 4.57 Å². The number of hydrogen-bond donors (Lipinski definition) is 0. The molecule has 0 bridgehead atoms. The highest BCUT2D eigenvalue weighted by Gasteiger charge is 2.40. The lowest BCUT2D eigenvalue weighted by Crippen LogP contribution is -2.36. The summed E-state index contributed by atoms with van der Waals surface area (Å²) in [6, 6.07) is -1.13. The van der Waals surface area contributed by atoms with E-state index in [0.717, 1.165) is 23.0 Å². The summed E-state index contributed by atoms with van der Waals surface area (Å²) in [6.45, 7) is 0. The third-order valence-corrected chi connectivity index (χ3v) is 3.57. The molecule has 1 atom stereocenters. The molecule has 0 fully saturated rings. The fraction of sp³-hybridized carbons (Fsp3) is 0.300. The van der Waals surface area contributed by atoms with Gasteiger partial charge in [0, 0.05) is 0 Å². The van der Waals surface area contributed by atoms with Crippen molar-refractivity contribution in [3.63, 3.8) is 0 Å². The lowest BCUT2D eigenvalue weighted by Gasteiger charge is -2.21. The van der Waals surface area contributed by atoms with Gasteiger partial charge in [0.15, 0.2) is 0 Å². The van der Waals surface area contributed by atoms with Gasteiger partial charge in [0.05, 0.1) is 16.5 Å². The molecule has 4 nitrogen and oxygen atoms in total. The van der Waals surface area contributed by atoms with E-state index >= 15 is 0 Å². The molecule has 1 heterocycles. The molecule has 1 aromatic rings. The number of thiocarbonyl (C=S) groups is 1. The van der Waals surface area contributed by atoms with Crippen molar-refractivity contribution in [2.75, 3.05) is 0 Å². The molecule has 1 unspecified atom stereocenters. The van der Waals surface area contributed by atoms with Crippen LogP contribution in [-0.4, -0.2) is 25.4 Å². The van der Waals surface area contributed by atoms with Crippen LogP contribution in [0, 0.1) is 0 Å². The lowest BCUT2D eigenvalue weighted by molar-refractivity contribution is -0.0861. The van der Waals surface area contributed by atoms with E-state index in [2.05, 4.69) is 5.10 Å². The van der Waals surface area contributed by atoms with Gasteiger partial charge in [0.2, 0.25) is 0 Å². The van der Waals surface area contributed by atoms with E-state index in [1.54, 1.807) is 0 Å². The Bertz CT molecular complexity index is 699. The zero-order valence-electron chi connectivity index (χ0n) is 9.81. The van der Waals surface area contributed by atoms with Crippen molar-refractivity contribution in [3.8, 4) is 0 Å². The predicted molar refractivity (Wildman–Crippen MR) is 76.9 cm³/mol. The van der Waals surface area contributed by atoms with E-state index in [1.165, 1.54) is 6.08 Å². The number of hydrogen-bond acceptors (Lipinski definition) is 3. The summed E-state index contributed by atoms with van der Waals surface area (Å²) in [6.07, 6.45) is -0.339. The molecule has 0 saturated heterocycles. The fourth-order valence-corrected chi connectivity index (χ4v) is 2.44. The van der Waals surface area contributed by atoms with E-state index < -0.39 is 32.3 Å². The van der Waals surface area contributed by atoms with Crippen LogP contribution in [0.15, 0.2) is 34.9 Å². The van der Waals surface area contributed by atoms with Crippen molar-refractivity contribution in [1.82, 2.24) is 14.3 Å². The molecule has 21 heavy (non-hydrogen) atoms. The van der Waals surface area contributed by atoms with E-state index in [4.69, 9.17) is 47.0 Å². The topological polar surface area (TPSA) is 39.8 Å². The van der Waals surface area contributed by atoms with Crippen molar-refractivity contribution < 1.29 is 13.2 Å². The predicted octanol–water partition coefficient (Wildman–Crippen LogP) is 3.30. The summed E-state index contributed by atoms with van der Waals surface area (Å²) in [5, 5.41) is 3.56. The third kappa shape index (κ3) is 3.18. The molecule has 0 spiro atoms. The zero-order chi connectivity index (χ0) is 16.0. The van der Waals surface area contributed by atoms with E-state index in [9.17, 15) is 18.0 Å². The average Bonchev–Trinajstić information content (AvgIpc) is 2.69. The molecule has 11 heteroatoms. The minimum Gasteiger partial charge on any atom is -0.269 e. The van der Waals surface area contributed by atoms with Gasteiger partial charge in [-0.05, 0) is 6.08 Å². The first kappa shape index (κ1) is 16.5. The monoisotopic (exact) mass is 377 g/mol. The SMILES string of the molecule is O=c1n(C2C=CC=C(C(F)(F)F)C2=S)cnn1C(Cl)(Cl)Cl. The number of allylic oxidation sites excluding steroid dienone is 4. The van der Waals surface area contributed by atoms with Crippen molar-refractivity contribution in [1.29, 1.82) is 0 Å². The van der Waals surface area contributed by atoms with Crippen LogP contribution in [0.4, 0.5) is 13.2 Å². The molecule has 0 amide bonds. The molecule has 1 aliphatic carbocycles. The van der Waals surface area contributed by atoms with Crippen LogP contribution in [0.1, 0.15) is 6.04 Å². The van der Waals surface area contributed by atoms with E-state index in [1.807, 2.05) is 0 Å². The Morgan fingerprint density at radius 1 is 1.29 bits per heavy atom. The highest BCUT2D eigenvalue weighted by atomic mass is 35.6. The first-order valence-corrected chi connectivity index (χ1v) is 6.81. The molecule has 2 rings (SSSR count). The number of nitrogens with zero attached hydrogens (tertiary/aromatic N) is 3. The van der Waals surface area contributed by atoms with Crippen LogP contribution < -0.4 is 5.69 Å². The highest BCUT2D eigenvalue weighted by Crippen LogP contribution is 2.34. The van der Waals surface area contributed by atoms with Crippen LogP contribution in [0.3, 0.4) is 0 Å². The molecule has 1 aliphatic rings. The zero-order valence-corrected chi connectivity index (χ0v) is 12.9. The van der Waals surface area contributed by atoms with Crippen molar-refractivity contribution >= 4 is 51.9 Å². The molecule has 1 aromatic heterocycles. The summed E-state index contributed by atoms with van der Waals surface area (Å²) < 4.78 is 37.7. The largest absolute Gasteiger partial charge is 0.417 e. The molecule has 0 aromatic carbocycles. The van der Waals surface area contributed by atoms with Crippen molar-refractivity contribution in [2.24, 2.45) is 0 Å². The van der Waals surface area contributed by atoms with E-state index in [-0.39, 0.29) is 0 Å². The molecule has 0 radical (unpaired) electrons. The van der Waals surface area contributed by atoms with Gasteiger partial charge in [0.1, 0.15) is 6.33 Å². The third-order valence-electron chi connectivity index (χ3n) is 2.63. The standard InChI is InChI=1S/C10H5Cl3F3N3OS/c11-10(12,13)19-8(20)18(4-17-19)6-3-1-2-5(7(6)21)9(14,15)16/h1-4,6H. The Morgan fingerprint density at radius 2 is 1.90 bits per heavy atom. The Hall–Kier alpha value is -0.830. The van der Waals surface area contributed by atoms with Gasteiger partial charge in [0.25, 0.3) is 3.92 Å². The first-order chi connectivity index (χ1) is 9.53. The van der Waals surface area contributed by atoms with Crippen LogP contribution >= 0.6 is 47.0 Å². The van der Waals surface area contributed by atoms with Gasteiger partial charge < -0.3 is 0 Å². The average molecular weight is 379 g/mol. The first-order valence-electron chi connectivity index (χ1n) is 5.26. The molecule has 0 saturated carbocycles. The Morgan fingerprint density at radius 3 is 2.38 bits per heavy atom. The second-order valence-electron chi connectivity index (χ2n) is 3.97. The second-order valence-corrected chi connectivity index (χ2v) is 6.63. The summed E-state index contributed by atoms with van der Waals surface area (Å²) in [5.74, 6) is 0. The van der Waals surface area contributed by atoms with Gasteiger partial charge in [-0.25, -0.2) is 4.79 Å². The van der Waals surface area contributed by atoms with Crippen LogP contribution in [0.5, 0.6) is 0 Å². The maximum Gasteiger partial charge on any atom is 0.417 e. The summed E-state index contributed by atoms with van der Waals surface area (Å²) >= 11 is 21.4. The van der Waals surface area contributed by atoms with E-state index in [0.29, 0.717) is 4.68 Å². The van der Waals surface area contributed by atoms with Crippen LogP contribution in [-0.2, 0) is 3.92 Å². The summed E-state index contributed by atoms with van der Waals surface area (Å²) in [4.78, 5) is 11.6. The summed E-state index contributed by atoms with van der Waals surface area (Å²) in [7, 11) is 0. The molecule has 0 aliphatic heterocycles. The maximum atomic E-state index is 12.8. The molecular weight excluding hydrogens is 374 g/mol. The van der Waals surface area contributed by atoms with Crippen LogP contribution in [0.25, 0.3) is 0 Å². The van der Waals surface area contributed by atoms with Crippen LogP contribution in [0.2, 0.25) is 0 Å². The highest BCUT2D eigenvalue weighted by molar-refractivity contribution is 7.81. The maximum absolute atomic E-state index is 12.8. The summed E-state index contributed by atoms with van der Waals surface area (Å²) in [5.41, 5.74) is -1.89. The Kier molecular flexibility index (Phi) is 4.27. The molecular formula is C10H5Cl3F3N3OS. The number of alkyl halides is 6. The van der Waals surface area contributed by atoms with Gasteiger partial charge >= 0.3 is 11.9 Å². The molecule has 0 N–H and O–H groups in total.